The number of thioether (sulfide) groups is 1. The first kappa shape index (κ1) is 5.88. The van der Waals surface area contributed by atoms with E-state index in [1.54, 1.807) is 0 Å². The Morgan fingerprint density at radius 1 is 2.00 bits per heavy atom. The summed E-state index contributed by atoms with van der Waals surface area (Å²) in [5, 5.41) is 0.778. The van der Waals surface area contributed by atoms with E-state index in [-0.39, 0.29) is 0 Å². The van der Waals surface area contributed by atoms with Crippen LogP contribution in [0, 0.1) is 0 Å². The maximum Gasteiger partial charge on any atom is 0.0545 e. The zero-order valence-corrected chi connectivity index (χ0v) is 6.78. The lowest BCUT2D eigenvalue weighted by molar-refractivity contribution is 1.00. The number of hydrogen-bond donors (Lipinski definition) is 0. The first-order valence-electron chi connectivity index (χ1n) is 2.13. The third-order valence-corrected chi connectivity index (χ3v) is 3.44. The second-order valence-corrected chi connectivity index (χ2v) is 3.41. The fraction of sp³-hybridized carbons (Fsp3) is 0.750. The fourth-order valence-electron chi connectivity index (χ4n) is 0.418. The van der Waals surface area contributed by atoms with Crippen LogP contribution in [0.2, 0.25) is 0 Å². The second-order valence-electron chi connectivity index (χ2n) is 1.38. The summed E-state index contributed by atoms with van der Waals surface area (Å²) in [6.45, 7) is 1.04. The Kier molecular flexibility index (Phi) is 2.45. The zero-order chi connectivity index (χ0) is 5.11. The van der Waals surface area contributed by atoms with Crippen molar-refractivity contribution in [2.24, 2.45) is 4.99 Å². The van der Waals surface area contributed by atoms with Crippen molar-refractivity contribution >= 4 is 39.9 Å². The summed E-state index contributed by atoms with van der Waals surface area (Å²) < 4.78 is 1.22. The van der Waals surface area contributed by atoms with E-state index in [1.165, 1.54) is 4.43 Å². The Hall–Kier alpha value is 0.750. The number of nitrogens with zero attached hydrogens (tertiary/aromatic N) is 1. The summed E-state index contributed by atoms with van der Waals surface area (Å²) >= 11 is 4.23. The van der Waals surface area contributed by atoms with E-state index in [4.69, 9.17) is 0 Å². The fourth-order valence-corrected chi connectivity index (χ4v) is 1.91. The third-order valence-electron chi connectivity index (χ3n) is 0.809. The zero-order valence-electron chi connectivity index (χ0n) is 3.80. The SMILES string of the molecule is ICC1CN=CS1. The predicted octanol–water partition coefficient (Wildman–Crippen LogP) is 1.57. The molecule has 0 bridgehead atoms. The molecule has 1 rings (SSSR count). The van der Waals surface area contributed by atoms with Gasteiger partial charge in [-0.25, -0.2) is 0 Å². The predicted molar refractivity (Wildman–Crippen MR) is 43.6 cm³/mol. The van der Waals surface area contributed by atoms with Gasteiger partial charge < -0.3 is 0 Å². The minimum Gasteiger partial charge on any atom is -0.285 e. The summed E-state index contributed by atoms with van der Waals surface area (Å²) in [7, 11) is 0. The van der Waals surface area contributed by atoms with Gasteiger partial charge in [-0.1, -0.05) is 22.6 Å². The lowest BCUT2D eigenvalue weighted by atomic mass is 10.5. The van der Waals surface area contributed by atoms with E-state index in [2.05, 4.69) is 27.6 Å². The quantitative estimate of drug-likeness (QED) is 0.489. The number of alkyl halides is 1. The van der Waals surface area contributed by atoms with Gasteiger partial charge in [-0.3, -0.25) is 4.99 Å². The standard InChI is InChI=1S/C4H6INS/c5-1-4-2-6-3-7-4/h3-4H,1-2H2. The highest BCUT2D eigenvalue weighted by molar-refractivity contribution is 14.1. The number of halogens is 1. The van der Waals surface area contributed by atoms with Gasteiger partial charge in [0.2, 0.25) is 0 Å². The molecule has 1 atom stereocenters. The molecule has 0 aliphatic carbocycles. The third kappa shape index (κ3) is 1.60. The smallest absolute Gasteiger partial charge is 0.0545 e. The molecule has 1 heterocycles. The van der Waals surface area contributed by atoms with Crippen LogP contribution in [0.15, 0.2) is 4.99 Å². The van der Waals surface area contributed by atoms with Gasteiger partial charge in [0.05, 0.1) is 12.1 Å². The van der Waals surface area contributed by atoms with E-state index >= 15 is 0 Å². The van der Waals surface area contributed by atoms with Gasteiger partial charge in [0.1, 0.15) is 0 Å². The Labute approximate surface area is 61.1 Å². The Balaban J connectivity index is 2.22. The minimum atomic E-state index is 0.778. The van der Waals surface area contributed by atoms with Crippen molar-refractivity contribution < 1.29 is 0 Å². The molecular formula is C4H6INS. The molecule has 0 radical (unpaired) electrons. The molecule has 1 aliphatic heterocycles. The van der Waals surface area contributed by atoms with Crippen LogP contribution in [-0.4, -0.2) is 21.8 Å². The molecule has 0 aromatic carbocycles. The second kappa shape index (κ2) is 2.91. The molecule has 0 amide bonds. The molecule has 0 fully saturated rings. The first-order chi connectivity index (χ1) is 3.43. The molecule has 7 heavy (non-hydrogen) atoms. The highest BCUT2D eigenvalue weighted by Crippen LogP contribution is 2.16. The van der Waals surface area contributed by atoms with Gasteiger partial charge in [0, 0.05) is 9.68 Å². The van der Waals surface area contributed by atoms with E-state index < -0.39 is 0 Å². The van der Waals surface area contributed by atoms with E-state index in [1.807, 2.05) is 17.3 Å². The van der Waals surface area contributed by atoms with Gasteiger partial charge >= 0.3 is 0 Å². The Morgan fingerprint density at radius 3 is 3.14 bits per heavy atom. The van der Waals surface area contributed by atoms with Crippen LogP contribution in [0.3, 0.4) is 0 Å². The average Bonchev–Trinajstić information content (AvgIpc) is 2.14. The van der Waals surface area contributed by atoms with Crippen LogP contribution >= 0.6 is 34.4 Å². The Morgan fingerprint density at radius 2 is 2.86 bits per heavy atom. The Bertz CT molecular complexity index is 75.8. The molecule has 40 valence electrons. The monoisotopic (exact) mass is 227 g/mol. The average molecular weight is 227 g/mol. The lowest BCUT2D eigenvalue weighted by Gasteiger charge is -1.96. The molecule has 0 saturated heterocycles. The van der Waals surface area contributed by atoms with Gasteiger partial charge in [-0.15, -0.1) is 11.8 Å². The summed E-state index contributed by atoms with van der Waals surface area (Å²) in [6, 6.07) is 0. The first-order valence-corrected chi connectivity index (χ1v) is 4.60. The normalized spacial score (nSPS) is 29.0. The number of hydrogen-bond acceptors (Lipinski definition) is 2. The van der Waals surface area contributed by atoms with Crippen molar-refractivity contribution in [1.29, 1.82) is 0 Å². The largest absolute Gasteiger partial charge is 0.285 e. The molecule has 0 spiro atoms. The number of rotatable bonds is 1. The molecule has 0 aromatic rings. The molecule has 0 saturated carbocycles. The van der Waals surface area contributed by atoms with Gasteiger partial charge in [-0.2, -0.15) is 0 Å². The molecule has 3 heteroatoms. The van der Waals surface area contributed by atoms with Crippen LogP contribution in [0.1, 0.15) is 0 Å². The maximum absolute atomic E-state index is 4.07. The van der Waals surface area contributed by atoms with Crippen LogP contribution in [0.4, 0.5) is 0 Å². The minimum absolute atomic E-state index is 0.778. The molecule has 1 aliphatic rings. The van der Waals surface area contributed by atoms with E-state index in [0.717, 1.165) is 11.8 Å². The van der Waals surface area contributed by atoms with E-state index in [9.17, 15) is 0 Å². The molecule has 0 N–H and O–H groups in total. The highest BCUT2D eigenvalue weighted by atomic mass is 127. The molecular weight excluding hydrogens is 221 g/mol. The van der Waals surface area contributed by atoms with Crippen molar-refractivity contribution in [2.75, 3.05) is 11.0 Å². The van der Waals surface area contributed by atoms with Gasteiger partial charge in [0.25, 0.3) is 0 Å². The van der Waals surface area contributed by atoms with Gasteiger partial charge in [-0.05, 0) is 0 Å². The highest BCUT2D eigenvalue weighted by Gasteiger charge is 2.08. The molecule has 1 unspecified atom stereocenters. The topological polar surface area (TPSA) is 12.4 Å². The number of aliphatic imine (C=N–C) groups is 1. The van der Waals surface area contributed by atoms with Crippen LogP contribution < -0.4 is 0 Å². The maximum atomic E-state index is 4.07. The summed E-state index contributed by atoms with van der Waals surface area (Å²) in [4.78, 5) is 4.07. The summed E-state index contributed by atoms with van der Waals surface area (Å²) in [6.07, 6.45) is 0. The van der Waals surface area contributed by atoms with Gasteiger partial charge in [0.15, 0.2) is 0 Å². The van der Waals surface area contributed by atoms with Crippen LogP contribution in [-0.2, 0) is 0 Å². The summed E-state index contributed by atoms with van der Waals surface area (Å²) in [5.41, 5.74) is 1.95. The van der Waals surface area contributed by atoms with Crippen LogP contribution in [0.25, 0.3) is 0 Å². The van der Waals surface area contributed by atoms with Crippen molar-refractivity contribution in [1.82, 2.24) is 0 Å². The lowest BCUT2D eigenvalue weighted by Crippen LogP contribution is -2.02. The van der Waals surface area contributed by atoms with Crippen molar-refractivity contribution in [2.45, 2.75) is 5.25 Å². The molecule has 0 aromatic heterocycles. The van der Waals surface area contributed by atoms with Crippen molar-refractivity contribution in [3.8, 4) is 0 Å². The molecule has 1 nitrogen and oxygen atoms in total. The van der Waals surface area contributed by atoms with Crippen molar-refractivity contribution in [3.05, 3.63) is 0 Å². The summed E-state index contributed by atoms with van der Waals surface area (Å²) in [5.74, 6) is 0. The van der Waals surface area contributed by atoms with Crippen LogP contribution in [0.5, 0.6) is 0 Å². The van der Waals surface area contributed by atoms with E-state index in [0.29, 0.717) is 0 Å². The van der Waals surface area contributed by atoms with Crippen molar-refractivity contribution in [3.63, 3.8) is 0 Å².